The zero-order chi connectivity index (χ0) is 6.41. The van der Waals surface area contributed by atoms with Crippen LogP contribution in [0.25, 0.3) is 0 Å². The Bertz CT molecular complexity index is 148. The van der Waals surface area contributed by atoms with E-state index in [4.69, 9.17) is 5.11 Å². The number of aliphatic hydroxyl groups excluding tert-OH is 1. The van der Waals surface area contributed by atoms with Gasteiger partial charge in [0.15, 0.2) is 0 Å². The quantitative estimate of drug-likeness (QED) is 0.418. The Morgan fingerprint density at radius 1 is 1.50 bits per heavy atom. The van der Waals surface area contributed by atoms with Crippen molar-refractivity contribution in [3.05, 3.63) is 0 Å². The second-order valence-corrected chi connectivity index (χ2v) is 2.15. The first-order chi connectivity index (χ1) is 3.77. The molecule has 0 aromatic carbocycles. The first kappa shape index (κ1) is 7.65. The van der Waals surface area contributed by atoms with Crippen molar-refractivity contribution in [2.45, 2.75) is 12.8 Å². The lowest BCUT2D eigenvalue weighted by molar-refractivity contribution is 0.292. The van der Waals surface area contributed by atoms with E-state index >= 15 is 0 Å². The van der Waals surface area contributed by atoms with Crippen molar-refractivity contribution < 1.29 is 13.5 Å². The van der Waals surface area contributed by atoms with Crippen molar-refractivity contribution in [1.82, 2.24) is 0 Å². The predicted octanol–water partition coefficient (Wildman–Crippen LogP) is -0.560. The zero-order valence-corrected chi connectivity index (χ0v) is 5.19. The number of hydrogen-bond acceptors (Lipinski definition) is 3. The van der Waals surface area contributed by atoms with Crippen molar-refractivity contribution in [1.29, 1.82) is 0 Å². The van der Waals surface area contributed by atoms with Gasteiger partial charge in [-0.25, -0.2) is 0 Å². The Balaban J connectivity index is 3.31. The van der Waals surface area contributed by atoms with Crippen LogP contribution < -0.4 is 0 Å². The number of unbranched alkanes of at least 4 members (excludes halogenated alkanes) is 1. The van der Waals surface area contributed by atoms with E-state index < -0.39 is 10.3 Å². The summed E-state index contributed by atoms with van der Waals surface area (Å²) in [5, 5.41) is 9.29. The number of aliphatic hydroxyl groups is 1. The third kappa shape index (κ3) is 5.65. The number of rotatable bonds is 3. The summed E-state index contributed by atoms with van der Waals surface area (Å²) in [5.41, 5.74) is 0. The van der Waals surface area contributed by atoms with Crippen LogP contribution in [0.1, 0.15) is 12.8 Å². The highest BCUT2D eigenvalue weighted by Crippen LogP contribution is 1.78. The highest BCUT2D eigenvalue weighted by Gasteiger charge is 1.77. The molecule has 0 aliphatic carbocycles. The van der Waals surface area contributed by atoms with Gasteiger partial charge in [-0.1, -0.05) is 0 Å². The second kappa shape index (κ2) is 4.80. The molecule has 0 aromatic rings. The highest BCUT2D eigenvalue weighted by atomic mass is 32.2. The van der Waals surface area contributed by atoms with Crippen LogP contribution >= 0.6 is 0 Å². The maximum Gasteiger partial charge on any atom is 0.209 e. The summed E-state index contributed by atoms with van der Waals surface area (Å²) in [6, 6.07) is 0. The maximum absolute atomic E-state index is 9.74. The van der Waals surface area contributed by atoms with Crippen LogP contribution in [0.2, 0.25) is 0 Å². The molecule has 1 N–H and O–H groups in total. The Labute approximate surface area is 49.5 Å². The fourth-order valence-electron chi connectivity index (χ4n) is 0.271. The van der Waals surface area contributed by atoms with Crippen LogP contribution in [-0.2, 0) is 10.3 Å². The normalized spacial score (nSPS) is 8.62. The molecular formula is C4H8O3S. The van der Waals surface area contributed by atoms with Gasteiger partial charge in [0.25, 0.3) is 0 Å². The maximum atomic E-state index is 9.74. The standard InChI is InChI=1S/C4H8O3S/c5-3-1-2-4-8(6)7/h4-5H,1-3H2. The van der Waals surface area contributed by atoms with Crippen LogP contribution in [0, 0.1) is 0 Å². The van der Waals surface area contributed by atoms with Gasteiger partial charge in [0.2, 0.25) is 10.3 Å². The Morgan fingerprint density at radius 2 is 2.12 bits per heavy atom. The molecule has 0 fully saturated rings. The van der Waals surface area contributed by atoms with Gasteiger partial charge in [0.1, 0.15) is 0 Å². The van der Waals surface area contributed by atoms with E-state index in [1.165, 1.54) is 0 Å². The molecule has 0 saturated carbocycles. The minimum Gasteiger partial charge on any atom is -0.396 e. The summed E-state index contributed by atoms with van der Waals surface area (Å²) in [4.78, 5) is 0. The zero-order valence-electron chi connectivity index (χ0n) is 4.37. The molecule has 0 rings (SSSR count). The topological polar surface area (TPSA) is 54.4 Å². The molecule has 0 amide bonds. The molecule has 0 aliphatic rings. The minimum atomic E-state index is -2.05. The fraction of sp³-hybridized carbons (Fsp3) is 0.750. The Kier molecular flexibility index (Phi) is 4.59. The average molecular weight is 136 g/mol. The van der Waals surface area contributed by atoms with Crippen LogP contribution in [0.4, 0.5) is 0 Å². The number of hydrogen-bond donors (Lipinski definition) is 1. The molecule has 3 nitrogen and oxygen atoms in total. The Hall–Kier alpha value is -0.350. The largest absolute Gasteiger partial charge is 0.396 e. The molecular weight excluding hydrogens is 128 g/mol. The van der Waals surface area contributed by atoms with E-state index in [0.29, 0.717) is 12.8 Å². The monoisotopic (exact) mass is 136 g/mol. The van der Waals surface area contributed by atoms with Crippen molar-refractivity contribution >= 4 is 15.7 Å². The van der Waals surface area contributed by atoms with Crippen LogP contribution in [0.15, 0.2) is 0 Å². The van der Waals surface area contributed by atoms with Crippen molar-refractivity contribution in [3.63, 3.8) is 0 Å². The van der Waals surface area contributed by atoms with Crippen molar-refractivity contribution in [2.24, 2.45) is 0 Å². The van der Waals surface area contributed by atoms with Gasteiger partial charge in [-0.15, -0.1) is 0 Å². The SMILES string of the molecule is O=S(=O)=CCCCO. The molecule has 0 unspecified atom stereocenters. The lowest BCUT2D eigenvalue weighted by atomic mass is 10.4. The van der Waals surface area contributed by atoms with Gasteiger partial charge in [0, 0.05) is 12.0 Å². The molecule has 0 radical (unpaired) electrons. The predicted molar refractivity (Wildman–Crippen MR) is 31.3 cm³/mol. The molecule has 0 saturated heterocycles. The summed E-state index contributed by atoms with van der Waals surface area (Å²) < 4.78 is 19.5. The highest BCUT2D eigenvalue weighted by molar-refractivity contribution is 7.71. The summed E-state index contributed by atoms with van der Waals surface area (Å²) in [6.45, 7) is 0.0493. The van der Waals surface area contributed by atoms with Gasteiger partial charge in [0.05, 0.1) is 0 Å². The van der Waals surface area contributed by atoms with Crippen molar-refractivity contribution in [3.8, 4) is 0 Å². The molecule has 8 heavy (non-hydrogen) atoms. The first-order valence-corrected chi connectivity index (χ1v) is 3.43. The van der Waals surface area contributed by atoms with Crippen LogP contribution in [0.5, 0.6) is 0 Å². The van der Waals surface area contributed by atoms with Crippen LogP contribution in [0.3, 0.4) is 0 Å². The lowest BCUT2D eigenvalue weighted by Crippen LogP contribution is -1.82. The minimum absolute atomic E-state index is 0.0493. The molecule has 0 aromatic heterocycles. The third-order valence-electron chi connectivity index (χ3n) is 0.616. The lowest BCUT2D eigenvalue weighted by Gasteiger charge is -1.80. The van der Waals surface area contributed by atoms with E-state index in [2.05, 4.69) is 0 Å². The van der Waals surface area contributed by atoms with Gasteiger partial charge < -0.3 is 5.11 Å². The van der Waals surface area contributed by atoms with Crippen LogP contribution in [-0.4, -0.2) is 25.5 Å². The first-order valence-electron chi connectivity index (χ1n) is 2.29. The van der Waals surface area contributed by atoms with E-state index in [1.54, 1.807) is 0 Å². The summed E-state index contributed by atoms with van der Waals surface area (Å²) in [6.07, 6.45) is 0.959. The molecule has 0 spiro atoms. The van der Waals surface area contributed by atoms with E-state index in [-0.39, 0.29) is 6.61 Å². The summed E-state index contributed by atoms with van der Waals surface area (Å²) in [7, 11) is -2.05. The van der Waals surface area contributed by atoms with E-state index in [0.717, 1.165) is 5.37 Å². The molecule has 0 bridgehead atoms. The molecule has 4 heteroatoms. The smallest absolute Gasteiger partial charge is 0.209 e. The summed E-state index contributed by atoms with van der Waals surface area (Å²) in [5.74, 6) is 0. The van der Waals surface area contributed by atoms with E-state index in [1.807, 2.05) is 0 Å². The fourth-order valence-corrected chi connectivity index (χ4v) is 0.630. The molecule has 0 aliphatic heterocycles. The second-order valence-electron chi connectivity index (χ2n) is 1.29. The average Bonchev–Trinajstić information content (AvgIpc) is 1.66. The van der Waals surface area contributed by atoms with Gasteiger partial charge in [-0.2, -0.15) is 8.42 Å². The molecule has 0 heterocycles. The van der Waals surface area contributed by atoms with Gasteiger partial charge in [-0.05, 0) is 12.8 Å². The Morgan fingerprint density at radius 3 is 2.50 bits per heavy atom. The van der Waals surface area contributed by atoms with Crippen molar-refractivity contribution in [2.75, 3.05) is 6.61 Å². The van der Waals surface area contributed by atoms with Gasteiger partial charge in [-0.3, -0.25) is 0 Å². The molecule has 0 atom stereocenters. The summed E-state index contributed by atoms with van der Waals surface area (Å²) >= 11 is 0. The van der Waals surface area contributed by atoms with Gasteiger partial charge >= 0.3 is 0 Å². The third-order valence-corrected chi connectivity index (χ3v) is 1.12. The molecule has 48 valence electrons. The van der Waals surface area contributed by atoms with E-state index in [9.17, 15) is 8.42 Å².